The monoisotopic (exact) mass is 449 g/mol. The molecule has 0 aliphatic carbocycles. The molecular weight excluding hydrogens is 437 g/mol. The van der Waals surface area contributed by atoms with Crippen molar-refractivity contribution in [3.8, 4) is 22.7 Å². The average molecular weight is 449 g/mol. The third-order valence-corrected chi connectivity index (χ3v) is 5.16. The summed E-state index contributed by atoms with van der Waals surface area (Å²) < 4.78 is 99.0. The van der Waals surface area contributed by atoms with Gasteiger partial charge in [0.05, 0.1) is 11.4 Å². The van der Waals surface area contributed by atoms with Gasteiger partial charge in [-0.3, -0.25) is 0 Å². The van der Waals surface area contributed by atoms with Gasteiger partial charge in [-0.1, -0.05) is 6.07 Å². The van der Waals surface area contributed by atoms with Crippen molar-refractivity contribution in [3.05, 3.63) is 64.3 Å². The zero-order valence-corrected chi connectivity index (χ0v) is 16.1. The Morgan fingerprint density at radius 3 is 2.33 bits per heavy atom. The van der Waals surface area contributed by atoms with Crippen molar-refractivity contribution in [1.82, 2.24) is 4.57 Å². The van der Waals surface area contributed by atoms with Crippen LogP contribution in [-0.4, -0.2) is 25.6 Å². The maximum Gasteiger partial charge on any atom is 0.573 e. The minimum absolute atomic E-state index is 0.101. The van der Waals surface area contributed by atoms with Crippen LogP contribution in [0.2, 0.25) is 0 Å². The lowest BCUT2D eigenvalue weighted by Crippen LogP contribution is -2.19. The van der Waals surface area contributed by atoms with Gasteiger partial charge in [-0.2, -0.15) is 0 Å². The van der Waals surface area contributed by atoms with E-state index in [2.05, 4.69) is 4.74 Å². The summed E-state index contributed by atoms with van der Waals surface area (Å²) in [6.45, 7) is 1.34. The fourth-order valence-corrected chi connectivity index (χ4v) is 3.44. The largest absolute Gasteiger partial charge is 0.573 e. The van der Waals surface area contributed by atoms with Crippen LogP contribution in [0.4, 0.5) is 22.0 Å². The Balaban J connectivity index is 2.20. The molecule has 0 aliphatic heterocycles. The van der Waals surface area contributed by atoms with Crippen LogP contribution in [0.5, 0.6) is 5.75 Å². The molecule has 0 fully saturated rings. The van der Waals surface area contributed by atoms with E-state index in [4.69, 9.17) is 4.42 Å². The second-order valence-corrected chi connectivity index (χ2v) is 8.24. The third kappa shape index (κ3) is 4.22. The summed E-state index contributed by atoms with van der Waals surface area (Å²) in [7, 11) is -4.07. The molecule has 2 aromatic carbocycles. The van der Waals surface area contributed by atoms with E-state index < -0.39 is 49.8 Å². The molecule has 0 unspecified atom stereocenters. The molecule has 3 aromatic rings. The van der Waals surface area contributed by atoms with Crippen molar-refractivity contribution in [2.45, 2.75) is 18.2 Å². The van der Waals surface area contributed by atoms with Crippen molar-refractivity contribution in [3.63, 3.8) is 0 Å². The van der Waals surface area contributed by atoms with Gasteiger partial charge in [0.15, 0.2) is 9.84 Å². The van der Waals surface area contributed by atoms with Gasteiger partial charge >= 0.3 is 12.1 Å². The molecule has 1 aromatic heterocycles. The highest BCUT2D eigenvalue weighted by atomic mass is 32.2. The van der Waals surface area contributed by atoms with Gasteiger partial charge in [-0.05, 0) is 30.7 Å². The number of halogens is 5. The van der Waals surface area contributed by atoms with Gasteiger partial charge in [0.2, 0.25) is 0 Å². The third-order valence-electron chi connectivity index (χ3n) is 4.05. The fraction of sp³-hybridized carbons (Fsp3) is 0.167. The molecule has 0 atom stereocenters. The molecule has 0 aliphatic rings. The van der Waals surface area contributed by atoms with Crippen LogP contribution < -0.4 is 10.5 Å². The highest BCUT2D eigenvalue weighted by Gasteiger charge is 2.32. The van der Waals surface area contributed by atoms with Gasteiger partial charge in [-0.25, -0.2) is 26.6 Å². The smallest absolute Gasteiger partial charge is 0.415 e. The fourth-order valence-electron chi connectivity index (χ4n) is 2.71. The second kappa shape index (κ2) is 7.27. The molecule has 0 saturated heterocycles. The predicted molar refractivity (Wildman–Crippen MR) is 94.2 cm³/mol. The normalized spacial score (nSPS) is 12.2. The Morgan fingerprint density at radius 1 is 1.07 bits per heavy atom. The molecule has 30 heavy (non-hydrogen) atoms. The Kier molecular flexibility index (Phi) is 5.23. The van der Waals surface area contributed by atoms with Crippen LogP contribution in [-0.2, 0) is 9.84 Å². The van der Waals surface area contributed by atoms with Crippen LogP contribution in [0.3, 0.4) is 0 Å². The molecule has 0 N–H and O–H groups in total. The van der Waals surface area contributed by atoms with Crippen LogP contribution >= 0.6 is 0 Å². The number of oxazole rings is 1. The minimum atomic E-state index is -5.00. The van der Waals surface area contributed by atoms with E-state index in [0.29, 0.717) is 23.0 Å². The first-order chi connectivity index (χ1) is 13.8. The minimum Gasteiger partial charge on any atom is -0.415 e. The summed E-state index contributed by atoms with van der Waals surface area (Å²) in [6, 6.07) is 4.34. The SMILES string of the molecule is Cc1ccc(-n2c(-c3cc(F)c(S(C)(=O)=O)cc3F)coc2=O)cc1OC(F)(F)F. The number of alkyl halides is 3. The quantitative estimate of drug-likeness (QED) is 0.563. The zero-order chi connectivity index (χ0) is 22.4. The molecule has 0 saturated carbocycles. The maximum atomic E-state index is 14.6. The van der Waals surface area contributed by atoms with E-state index in [0.717, 1.165) is 12.3 Å². The first-order valence-corrected chi connectivity index (χ1v) is 9.94. The summed E-state index contributed by atoms with van der Waals surface area (Å²) in [6.07, 6.45) is -3.54. The number of hydrogen-bond donors (Lipinski definition) is 0. The van der Waals surface area contributed by atoms with Gasteiger partial charge in [-0.15, -0.1) is 13.2 Å². The number of benzene rings is 2. The molecule has 160 valence electrons. The molecular formula is C18H12F5NO5S. The standard InChI is InChI=1S/C18H12F5NO5S/c1-9-3-4-10(5-15(9)29-18(21,22)23)24-14(8-28-17(24)25)11-6-13(20)16(7-12(11)19)30(2,26)27/h3-8H,1-2H3. The van der Waals surface area contributed by atoms with Crippen molar-refractivity contribution >= 4 is 9.84 Å². The summed E-state index contributed by atoms with van der Waals surface area (Å²) >= 11 is 0. The molecule has 3 rings (SSSR count). The van der Waals surface area contributed by atoms with E-state index in [1.165, 1.54) is 19.1 Å². The van der Waals surface area contributed by atoms with E-state index in [-0.39, 0.29) is 16.9 Å². The molecule has 0 radical (unpaired) electrons. The van der Waals surface area contributed by atoms with Crippen molar-refractivity contribution in [2.24, 2.45) is 0 Å². The van der Waals surface area contributed by atoms with Gasteiger partial charge in [0, 0.05) is 17.9 Å². The first kappa shape index (κ1) is 21.6. The van der Waals surface area contributed by atoms with Gasteiger partial charge < -0.3 is 9.15 Å². The maximum absolute atomic E-state index is 14.6. The topological polar surface area (TPSA) is 78.5 Å². The molecule has 0 amide bonds. The van der Waals surface area contributed by atoms with Crippen molar-refractivity contribution in [1.29, 1.82) is 0 Å². The summed E-state index contributed by atoms with van der Waals surface area (Å²) in [4.78, 5) is 11.2. The number of nitrogens with zero attached hydrogens (tertiary/aromatic N) is 1. The van der Waals surface area contributed by atoms with E-state index in [1.54, 1.807) is 0 Å². The number of hydrogen-bond acceptors (Lipinski definition) is 5. The molecule has 1 heterocycles. The van der Waals surface area contributed by atoms with Crippen LogP contribution in [0.25, 0.3) is 16.9 Å². The van der Waals surface area contributed by atoms with Crippen molar-refractivity contribution < 1.29 is 39.5 Å². The Hall–Kier alpha value is -3.15. The zero-order valence-electron chi connectivity index (χ0n) is 15.3. The number of rotatable bonds is 4. The first-order valence-electron chi connectivity index (χ1n) is 8.05. The lowest BCUT2D eigenvalue weighted by molar-refractivity contribution is -0.274. The highest BCUT2D eigenvalue weighted by molar-refractivity contribution is 7.90. The summed E-state index contributed by atoms with van der Waals surface area (Å²) in [5.74, 6) is -4.18. The Morgan fingerprint density at radius 2 is 1.73 bits per heavy atom. The second-order valence-electron chi connectivity index (χ2n) is 6.25. The number of aromatic nitrogens is 1. The Labute approximate surface area is 166 Å². The predicted octanol–water partition coefficient (Wildman–Crippen LogP) is 3.99. The van der Waals surface area contributed by atoms with Crippen LogP contribution in [0.1, 0.15) is 5.56 Å². The molecule has 0 spiro atoms. The van der Waals surface area contributed by atoms with Crippen molar-refractivity contribution in [2.75, 3.05) is 6.26 Å². The van der Waals surface area contributed by atoms with Crippen LogP contribution in [0.15, 0.2) is 50.7 Å². The molecule has 6 nitrogen and oxygen atoms in total. The van der Waals surface area contributed by atoms with Gasteiger partial charge in [0.1, 0.15) is 28.5 Å². The number of ether oxygens (including phenoxy) is 1. The molecule has 0 bridgehead atoms. The number of sulfone groups is 1. The number of aryl methyl sites for hydroxylation is 1. The summed E-state index contributed by atoms with van der Waals surface area (Å²) in [5, 5.41) is 0. The van der Waals surface area contributed by atoms with E-state index >= 15 is 0 Å². The average Bonchev–Trinajstić information content (AvgIpc) is 2.98. The van der Waals surface area contributed by atoms with Gasteiger partial charge in [0.25, 0.3) is 0 Å². The van der Waals surface area contributed by atoms with E-state index in [1.807, 2.05) is 0 Å². The van der Waals surface area contributed by atoms with Crippen LogP contribution in [0, 0.1) is 18.6 Å². The van der Waals surface area contributed by atoms with E-state index in [9.17, 15) is 35.2 Å². The highest BCUT2D eigenvalue weighted by Crippen LogP contribution is 2.32. The summed E-state index contributed by atoms with van der Waals surface area (Å²) in [5.41, 5.74) is -0.965. The molecule has 12 heteroatoms. The lowest BCUT2D eigenvalue weighted by Gasteiger charge is -2.14. The Bertz CT molecular complexity index is 1290. The lowest BCUT2D eigenvalue weighted by atomic mass is 10.1.